The van der Waals surface area contributed by atoms with E-state index in [4.69, 9.17) is 25.8 Å². The summed E-state index contributed by atoms with van der Waals surface area (Å²) in [7, 11) is 1.46. The molecule has 0 bridgehead atoms. The zero-order chi connectivity index (χ0) is 45.3. The van der Waals surface area contributed by atoms with E-state index in [1.54, 1.807) is 19.1 Å². The topological polar surface area (TPSA) is 202 Å². The number of hydrogen-bond acceptors (Lipinski definition) is 13. The minimum atomic E-state index is -4.73. The van der Waals surface area contributed by atoms with Crippen molar-refractivity contribution in [2.24, 2.45) is 5.92 Å². The first-order chi connectivity index (χ1) is 30.7. The Kier molecular flexibility index (Phi) is 13.0. The summed E-state index contributed by atoms with van der Waals surface area (Å²) in [6.45, 7) is 5.99. The number of fused-ring (bicyclic) bond motifs is 2. The molecule has 4 aliphatic rings. The van der Waals surface area contributed by atoms with Crippen LogP contribution in [0.3, 0.4) is 0 Å². The number of carbonyl (C=O) groups excluding carboxylic acids is 5. The number of imide groups is 2. The Morgan fingerprint density at radius 1 is 0.922 bits per heavy atom. The van der Waals surface area contributed by atoms with E-state index in [2.05, 4.69) is 40.8 Å². The van der Waals surface area contributed by atoms with Crippen LogP contribution < -0.4 is 25.6 Å². The van der Waals surface area contributed by atoms with Gasteiger partial charge < -0.3 is 34.6 Å². The maximum atomic E-state index is 13.7. The maximum absolute atomic E-state index is 13.7. The fraction of sp³-hybridized carbons (Fsp3) is 0.476. The Balaban J connectivity index is 0.786. The third-order valence-corrected chi connectivity index (χ3v) is 12.2. The number of piperidine rings is 3. The van der Waals surface area contributed by atoms with Gasteiger partial charge in [-0.3, -0.25) is 29.4 Å². The number of ether oxygens (including phenoxy) is 3. The molecule has 0 radical (unpaired) electrons. The number of nitrogens with zero attached hydrogens (tertiary/aromatic N) is 7. The summed E-state index contributed by atoms with van der Waals surface area (Å²) in [6, 6.07) is 5.58. The van der Waals surface area contributed by atoms with E-state index < -0.39 is 53.5 Å². The van der Waals surface area contributed by atoms with Crippen LogP contribution in [0, 0.1) is 5.92 Å². The molecule has 3 aromatic heterocycles. The van der Waals surface area contributed by atoms with Gasteiger partial charge in [-0.2, -0.15) is 18.3 Å². The number of pyridine rings is 1. The summed E-state index contributed by atoms with van der Waals surface area (Å²) in [5.74, 6) is -1.86. The van der Waals surface area contributed by atoms with Crippen molar-refractivity contribution in [2.75, 3.05) is 68.6 Å². The van der Waals surface area contributed by atoms with E-state index in [1.807, 2.05) is 6.07 Å². The Hall–Kier alpha value is -5.90. The number of halogens is 4. The lowest BCUT2D eigenvalue weighted by Gasteiger charge is -2.38. The van der Waals surface area contributed by atoms with Crippen LogP contribution >= 0.6 is 11.6 Å². The molecule has 8 rings (SSSR count). The number of rotatable bonds is 13. The van der Waals surface area contributed by atoms with E-state index in [-0.39, 0.29) is 65.7 Å². The van der Waals surface area contributed by atoms with Gasteiger partial charge in [0.1, 0.15) is 18.3 Å². The summed E-state index contributed by atoms with van der Waals surface area (Å²) in [6.07, 6.45) is 0.275. The fourth-order valence-electron chi connectivity index (χ4n) is 8.62. The van der Waals surface area contributed by atoms with Crippen LogP contribution in [-0.2, 0) is 25.2 Å². The predicted octanol–water partition coefficient (Wildman–Crippen LogP) is 5.33. The van der Waals surface area contributed by atoms with Crippen molar-refractivity contribution in [1.82, 2.24) is 34.7 Å². The normalized spacial score (nSPS) is 19.6. The van der Waals surface area contributed by atoms with Crippen LogP contribution in [0.1, 0.15) is 83.5 Å². The van der Waals surface area contributed by atoms with Crippen molar-refractivity contribution >= 4 is 64.0 Å². The molecular formula is C42H46ClF3N10O8. The molecule has 3 fully saturated rings. The number of nitrogens with one attached hydrogen (secondary N) is 3. The summed E-state index contributed by atoms with van der Waals surface area (Å²) >= 11 is 6.07. The largest absolute Gasteiger partial charge is 0.474 e. The van der Waals surface area contributed by atoms with Crippen molar-refractivity contribution in [3.63, 3.8) is 0 Å². The van der Waals surface area contributed by atoms with Gasteiger partial charge >= 0.3 is 12.2 Å². The number of aromatic nitrogens is 4. The molecule has 3 N–H and O–H groups in total. The van der Waals surface area contributed by atoms with E-state index in [1.165, 1.54) is 23.9 Å². The lowest BCUT2D eigenvalue weighted by atomic mass is 9.94. The molecule has 2 atom stereocenters. The number of alkyl halides is 3. The lowest BCUT2D eigenvalue weighted by molar-refractivity contribution is -0.138. The molecular weight excluding hydrogens is 865 g/mol. The zero-order valence-corrected chi connectivity index (χ0v) is 35.7. The van der Waals surface area contributed by atoms with Crippen LogP contribution in [0.5, 0.6) is 5.88 Å². The average Bonchev–Trinajstić information content (AvgIpc) is 3.77. The van der Waals surface area contributed by atoms with Gasteiger partial charge in [0, 0.05) is 64.2 Å². The summed E-state index contributed by atoms with van der Waals surface area (Å²) in [4.78, 5) is 77.4. The third kappa shape index (κ3) is 9.61. The SMILES string of the molecule is COC(C)c1c(NC(=O)Nc2cc(C(F)(F)F)cnc2OCCOC2CCN(CC3CCN(c4ccc5c(c4)C(=O)N(C4CCC(=O)NC4=O)C5=O)CC3)CC2)cnc2cc(Cl)nn12. The molecule has 7 heterocycles. The lowest BCUT2D eigenvalue weighted by Crippen LogP contribution is -2.54. The quantitative estimate of drug-likeness (QED) is 0.115. The highest BCUT2D eigenvalue weighted by Gasteiger charge is 2.45. The second-order valence-corrected chi connectivity index (χ2v) is 16.5. The zero-order valence-electron chi connectivity index (χ0n) is 35.0. The van der Waals surface area contributed by atoms with Crippen molar-refractivity contribution in [3.05, 3.63) is 70.3 Å². The van der Waals surface area contributed by atoms with E-state index in [0.29, 0.717) is 23.5 Å². The van der Waals surface area contributed by atoms with Crippen LogP contribution in [0.2, 0.25) is 5.15 Å². The van der Waals surface area contributed by atoms with Gasteiger partial charge in [0.15, 0.2) is 10.8 Å². The van der Waals surface area contributed by atoms with Gasteiger partial charge in [0.25, 0.3) is 11.8 Å². The molecule has 64 heavy (non-hydrogen) atoms. The maximum Gasteiger partial charge on any atom is 0.417 e. The molecule has 4 aromatic rings. The number of hydrogen-bond donors (Lipinski definition) is 3. The number of benzene rings is 1. The number of methoxy groups -OCH3 is 1. The van der Waals surface area contributed by atoms with Gasteiger partial charge in [-0.25, -0.2) is 19.3 Å². The second-order valence-electron chi connectivity index (χ2n) is 16.2. The van der Waals surface area contributed by atoms with Gasteiger partial charge in [0.2, 0.25) is 17.7 Å². The first-order valence-electron chi connectivity index (χ1n) is 21.0. The van der Waals surface area contributed by atoms with Crippen LogP contribution in [0.15, 0.2) is 42.7 Å². The Labute approximate surface area is 369 Å². The number of urea groups is 1. The third-order valence-electron chi connectivity index (χ3n) is 12.0. The molecule has 0 saturated carbocycles. The summed E-state index contributed by atoms with van der Waals surface area (Å²) in [5.41, 5.74) is 0.954. The molecule has 3 saturated heterocycles. The van der Waals surface area contributed by atoms with Crippen molar-refractivity contribution in [2.45, 2.75) is 69.9 Å². The average molecular weight is 911 g/mol. The first kappa shape index (κ1) is 44.7. The highest BCUT2D eigenvalue weighted by molar-refractivity contribution is 6.29. The van der Waals surface area contributed by atoms with E-state index in [9.17, 15) is 37.1 Å². The minimum Gasteiger partial charge on any atom is -0.474 e. The molecule has 340 valence electrons. The van der Waals surface area contributed by atoms with Crippen LogP contribution in [-0.4, -0.2) is 124 Å². The Morgan fingerprint density at radius 3 is 2.38 bits per heavy atom. The minimum absolute atomic E-state index is 0.0314. The molecule has 0 aliphatic carbocycles. The van der Waals surface area contributed by atoms with Gasteiger partial charge in [-0.15, -0.1) is 0 Å². The van der Waals surface area contributed by atoms with E-state index in [0.717, 1.165) is 75.1 Å². The second kappa shape index (κ2) is 18.7. The Morgan fingerprint density at radius 2 is 1.66 bits per heavy atom. The van der Waals surface area contributed by atoms with Crippen LogP contribution in [0.25, 0.3) is 5.65 Å². The molecule has 2 unspecified atom stereocenters. The molecule has 6 amide bonds. The smallest absolute Gasteiger partial charge is 0.417 e. The highest BCUT2D eigenvalue weighted by atomic mass is 35.5. The van der Waals surface area contributed by atoms with Crippen molar-refractivity contribution in [3.8, 4) is 5.88 Å². The monoisotopic (exact) mass is 910 g/mol. The standard InChI is InChI=1S/C42H46ClF3N10O8/c1-23(62-2)36-31(21-47-34-19-33(43)52-56(34)36)50-41(61)49-30-17-25(42(44,45)46)20-48-38(30)64-16-15-63-27-9-11-53(12-10-27)22-24-7-13-54(14-8-24)26-3-4-28-29(18-26)40(60)55(39(28)59)32-5-6-35(57)51-37(32)58/h3-4,17-21,23-24,27,32H,5-16,22H2,1-2H3,(H2,49,50,61)(H,51,57,58). The summed E-state index contributed by atoms with van der Waals surface area (Å²) in [5, 5.41) is 11.6. The number of anilines is 3. The molecule has 22 heteroatoms. The molecule has 4 aliphatic heterocycles. The molecule has 18 nitrogen and oxygen atoms in total. The highest BCUT2D eigenvalue weighted by Crippen LogP contribution is 2.35. The van der Waals surface area contributed by atoms with Crippen molar-refractivity contribution in [1.29, 1.82) is 0 Å². The van der Waals surface area contributed by atoms with E-state index >= 15 is 0 Å². The number of amides is 6. The molecule has 1 aromatic carbocycles. The number of carbonyl (C=O) groups is 5. The van der Waals surface area contributed by atoms with Gasteiger partial charge in [-0.05, 0) is 69.2 Å². The van der Waals surface area contributed by atoms with Crippen LogP contribution in [0.4, 0.5) is 35.0 Å². The predicted molar refractivity (Wildman–Crippen MR) is 224 cm³/mol. The molecule has 0 spiro atoms. The Bertz CT molecular complexity index is 2460. The first-order valence-corrected chi connectivity index (χ1v) is 21.3. The van der Waals surface area contributed by atoms with Gasteiger partial charge in [0.05, 0.1) is 53.1 Å². The van der Waals surface area contributed by atoms with Gasteiger partial charge in [-0.1, -0.05) is 11.6 Å². The fourth-order valence-corrected chi connectivity index (χ4v) is 8.79. The van der Waals surface area contributed by atoms with Crippen molar-refractivity contribution < 1.29 is 51.4 Å². The summed E-state index contributed by atoms with van der Waals surface area (Å²) < 4.78 is 59.7. The number of likely N-dealkylation sites (tertiary alicyclic amines) is 1.